The number of hydrogen-bond acceptors (Lipinski definition) is 6. The van der Waals surface area contributed by atoms with E-state index in [2.05, 4.69) is 26.8 Å². The maximum Gasteiger partial charge on any atom is 0.280 e. The van der Waals surface area contributed by atoms with E-state index in [9.17, 15) is 14.4 Å². The summed E-state index contributed by atoms with van der Waals surface area (Å²) in [5, 5.41) is 2.67. The van der Waals surface area contributed by atoms with Gasteiger partial charge >= 0.3 is 0 Å². The summed E-state index contributed by atoms with van der Waals surface area (Å²) >= 11 is 0. The van der Waals surface area contributed by atoms with E-state index >= 15 is 0 Å². The van der Waals surface area contributed by atoms with E-state index in [0.29, 0.717) is 17.1 Å². The molecule has 0 aliphatic heterocycles. The summed E-state index contributed by atoms with van der Waals surface area (Å²) in [6.07, 6.45) is 6.02. The number of benzene rings is 1. The highest BCUT2D eigenvalue weighted by Gasteiger charge is 2.24. The molecule has 9 nitrogen and oxygen atoms in total. The fourth-order valence-corrected chi connectivity index (χ4v) is 3.91. The van der Waals surface area contributed by atoms with Gasteiger partial charge in [0.15, 0.2) is 11.2 Å². The molecule has 3 aromatic rings. The van der Waals surface area contributed by atoms with Crippen LogP contribution in [-0.2, 0) is 4.79 Å². The van der Waals surface area contributed by atoms with Gasteiger partial charge in [-0.1, -0.05) is 31.9 Å². The van der Waals surface area contributed by atoms with Crippen LogP contribution in [0.1, 0.15) is 43.7 Å². The van der Waals surface area contributed by atoms with Crippen molar-refractivity contribution >= 4 is 28.7 Å². The van der Waals surface area contributed by atoms with E-state index in [4.69, 9.17) is 5.73 Å². The lowest BCUT2D eigenvalue weighted by molar-refractivity contribution is -0.111. The molecule has 2 aromatic heterocycles. The van der Waals surface area contributed by atoms with E-state index in [-0.39, 0.29) is 34.5 Å². The number of fused-ring (bicyclic) bond motifs is 1. The maximum atomic E-state index is 13.5. The van der Waals surface area contributed by atoms with Gasteiger partial charge in [0.05, 0.1) is 5.69 Å². The van der Waals surface area contributed by atoms with E-state index in [1.165, 1.54) is 4.57 Å². The number of nitrogens with zero attached hydrogens (tertiary/aromatic N) is 3. The SMILES string of the molecule is C=CC(=O)Nc1cccc(-n2c(=O)c(C3CCCCC3)nc3c(=O)[nH]c(N)nc32)c1. The van der Waals surface area contributed by atoms with Crippen LogP contribution < -0.4 is 22.2 Å². The van der Waals surface area contributed by atoms with Crippen molar-refractivity contribution in [2.45, 2.75) is 38.0 Å². The Bertz CT molecular complexity index is 1250. The zero-order chi connectivity index (χ0) is 21.3. The Kier molecular flexibility index (Phi) is 5.18. The van der Waals surface area contributed by atoms with Crippen molar-refractivity contribution < 1.29 is 4.79 Å². The highest BCUT2D eigenvalue weighted by Crippen LogP contribution is 2.30. The van der Waals surface area contributed by atoms with Crippen LogP contribution in [0.3, 0.4) is 0 Å². The lowest BCUT2D eigenvalue weighted by Gasteiger charge is -2.22. The first-order chi connectivity index (χ1) is 14.5. The van der Waals surface area contributed by atoms with Gasteiger partial charge < -0.3 is 11.1 Å². The maximum absolute atomic E-state index is 13.5. The molecule has 4 N–H and O–H groups in total. The average Bonchev–Trinajstić information content (AvgIpc) is 2.74. The number of amides is 1. The van der Waals surface area contributed by atoms with Crippen LogP contribution in [0.25, 0.3) is 16.9 Å². The van der Waals surface area contributed by atoms with Gasteiger partial charge in [0, 0.05) is 11.6 Å². The highest BCUT2D eigenvalue weighted by atomic mass is 16.1. The summed E-state index contributed by atoms with van der Waals surface area (Å²) in [6.45, 7) is 3.44. The fraction of sp³-hybridized carbons (Fsp3) is 0.286. The third-order valence-electron chi connectivity index (χ3n) is 5.31. The molecule has 0 bridgehead atoms. The molecule has 0 unspecified atom stereocenters. The van der Waals surface area contributed by atoms with Crippen LogP contribution in [0.2, 0.25) is 0 Å². The van der Waals surface area contributed by atoms with Gasteiger partial charge in [-0.05, 0) is 37.1 Å². The second-order valence-electron chi connectivity index (χ2n) is 7.34. The molecule has 0 radical (unpaired) electrons. The molecule has 2 heterocycles. The first kappa shape index (κ1) is 19.6. The molecule has 154 valence electrons. The Hall–Kier alpha value is -3.75. The number of aromatic nitrogens is 4. The Morgan fingerprint density at radius 3 is 2.73 bits per heavy atom. The van der Waals surface area contributed by atoms with Gasteiger partial charge in [0.2, 0.25) is 11.9 Å². The molecule has 9 heteroatoms. The van der Waals surface area contributed by atoms with Crippen LogP contribution in [0, 0.1) is 0 Å². The minimum Gasteiger partial charge on any atom is -0.369 e. The van der Waals surface area contributed by atoms with Crippen molar-refractivity contribution in [2.75, 3.05) is 11.1 Å². The fourth-order valence-electron chi connectivity index (χ4n) is 3.91. The number of nitrogen functional groups attached to an aromatic ring is 1. The molecule has 1 amide bonds. The third-order valence-corrected chi connectivity index (χ3v) is 5.31. The van der Waals surface area contributed by atoms with Crippen molar-refractivity contribution in [1.82, 2.24) is 19.5 Å². The van der Waals surface area contributed by atoms with Crippen molar-refractivity contribution in [2.24, 2.45) is 0 Å². The molecule has 1 aliphatic carbocycles. The van der Waals surface area contributed by atoms with E-state index in [0.717, 1.165) is 38.2 Å². The summed E-state index contributed by atoms with van der Waals surface area (Å²) in [4.78, 5) is 48.8. The zero-order valence-electron chi connectivity index (χ0n) is 16.4. The largest absolute Gasteiger partial charge is 0.369 e. The van der Waals surface area contributed by atoms with E-state index < -0.39 is 5.56 Å². The molecule has 1 saturated carbocycles. The molecule has 1 fully saturated rings. The summed E-state index contributed by atoms with van der Waals surface area (Å²) in [6, 6.07) is 6.72. The van der Waals surface area contributed by atoms with Gasteiger partial charge in [-0.25, -0.2) is 4.98 Å². The normalized spacial score (nSPS) is 14.5. The zero-order valence-corrected chi connectivity index (χ0v) is 16.4. The van der Waals surface area contributed by atoms with Crippen molar-refractivity contribution in [1.29, 1.82) is 0 Å². The first-order valence-corrected chi connectivity index (χ1v) is 9.84. The van der Waals surface area contributed by atoms with Crippen LogP contribution in [0.5, 0.6) is 0 Å². The Balaban J connectivity index is 1.98. The standard InChI is InChI=1S/C21H22N6O3/c1-2-15(28)23-13-9-6-10-14(11-13)27-18-17(19(29)26-21(22)25-18)24-16(20(27)30)12-7-4-3-5-8-12/h2,6,9-12H,1,3-5,7-8H2,(H,23,28)(H3,22,25,26,29). The van der Waals surface area contributed by atoms with Crippen LogP contribution >= 0.6 is 0 Å². The number of carbonyl (C=O) groups excluding carboxylic acids is 1. The monoisotopic (exact) mass is 406 g/mol. The number of rotatable bonds is 4. The smallest absolute Gasteiger partial charge is 0.280 e. The second-order valence-corrected chi connectivity index (χ2v) is 7.34. The second kappa shape index (κ2) is 7.94. The number of nitrogens with one attached hydrogen (secondary N) is 2. The minimum absolute atomic E-state index is 0.0116. The lowest BCUT2D eigenvalue weighted by Crippen LogP contribution is -2.30. The van der Waals surface area contributed by atoms with Crippen molar-refractivity contribution in [3.8, 4) is 5.69 Å². The molecule has 0 saturated heterocycles. The Morgan fingerprint density at radius 2 is 2.00 bits per heavy atom. The van der Waals surface area contributed by atoms with Crippen LogP contribution in [-0.4, -0.2) is 25.4 Å². The Morgan fingerprint density at radius 1 is 1.23 bits per heavy atom. The van der Waals surface area contributed by atoms with E-state index in [1.807, 2.05) is 0 Å². The minimum atomic E-state index is -0.501. The molecular weight excluding hydrogens is 384 g/mol. The van der Waals surface area contributed by atoms with Gasteiger partial charge in [-0.2, -0.15) is 4.98 Å². The summed E-state index contributed by atoms with van der Waals surface area (Å²) in [5.74, 6) is -0.493. The average molecular weight is 406 g/mol. The predicted molar refractivity (Wildman–Crippen MR) is 115 cm³/mol. The van der Waals surface area contributed by atoms with Crippen molar-refractivity contribution in [3.05, 3.63) is 63.3 Å². The number of hydrogen-bond donors (Lipinski definition) is 3. The molecule has 0 atom stereocenters. The lowest BCUT2D eigenvalue weighted by atomic mass is 9.87. The van der Waals surface area contributed by atoms with Gasteiger partial charge in [0.1, 0.15) is 5.69 Å². The molecule has 0 spiro atoms. The van der Waals surface area contributed by atoms with Gasteiger partial charge in [-0.15, -0.1) is 0 Å². The van der Waals surface area contributed by atoms with Gasteiger partial charge in [0.25, 0.3) is 11.1 Å². The molecule has 4 rings (SSSR count). The number of aromatic amines is 1. The van der Waals surface area contributed by atoms with Crippen molar-refractivity contribution in [3.63, 3.8) is 0 Å². The number of carbonyl (C=O) groups is 1. The number of H-pyrrole nitrogens is 1. The Labute approximate surface area is 171 Å². The number of anilines is 2. The summed E-state index contributed by atoms with van der Waals surface area (Å²) in [7, 11) is 0. The predicted octanol–water partition coefficient (Wildman–Crippen LogP) is 2.22. The highest BCUT2D eigenvalue weighted by molar-refractivity contribution is 5.99. The van der Waals surface area contributed by atoms with E-state index in [1.54, 1.807) is 24.3 Å². The molecular formula is C21H22N6O3. The molecule has 1 aliphatic rings. The van der Waals surface area contributed by atoms with Crippen LogP contribution in [0.15, 0.2) is 46.5 Å². The third kappa shape index (κ3) is 3.61. The van der Waals surface area contributed by atoms with Gasteiger partial charge in [-0.3, -0.25) is 23.9 Å². The summed E-state index contributed by atoms with van der Waals surface area (Å²) in [5.41, 5.74) is 6.33. The quantitative estimate of drug-likeness (QED) is 0.569. The number of nitrogens with two attached hydrogens (primary N) is 1. The topological polar surface area (TPSA) is 136 Å². The first-order valence-electron chi connectivity index (χ1n) is 9.84. The molecule has 30 heavy (non-hydrogen) atoms. The summed E-state index contributed by atoms with van der Waals surface area (Å²) < 4.78 is 1.35. The van der Waals surface area contributed by atoms with Crippen LogP contribution in [0.4, 0.5) is 11.6 Å². The molecule has 1 aromatic carbocycles.